The molecule has 90 valence electrons. The number of aliphatic hydroxyl groups is 2. The molecule has 0 aromatic heterocycles. The van der Waals surface area contributed by atoms with E-state index in [2.05, 4.69) is 5.32 Å². The molecule has 0 fully saturated rings. The first-order chi connectivity index (χ1) is 7.69. The Morgan fingerprint density at radius 2 is 1.88 bits per heavy atom. The fourth-order valence-electron chi connectivity index (χ4n) is 1.73. The van der Waals surface area contributed by atoms with Crippen LogP contribution in [0.2, 0.25) is 0 Å². The Hall–Kier alpha value is -0.900. The van der Waals surface area contributed by atoms with E-state index in [0.717, 1.165) is 12.0 Å². The summed E-state index contributed by atoms with van der Waals surface area (Å²) in [7, 11) is 0. The lowest BCUT2D eigenvalue weighted by Crippen LogP contribution is -2.41. The van der Waals surface area contributed by atoms with Gasteiger partial charge in [-0.1, -0.05) is 37.3 Å². The Morgan fingerprint density at radius 1 is 1.25 bits per heavy atom. The van der Waals surface area contributed by atoms with E-state index in [-0.39, 0.29) is 18.7 Å². The number of benzene rings is 1. The zero-order valence-electron chi connectivity index (χ0n) is 9.93. The fraction of sp³-hybridized carbons (Fsp3) is 0.538. The van der Waals surface area contributed by atoms with Gasteiger partial charge in [0.25, 0.3) is 0 Å². The van der Waals surface area contributed by atoms with Crippen LogP contribution in [0.15, 0.2) is 30.3 Å². The van der Waals surface area contributed by atoms with Gasteiger partial charge in [-0.2, -0.15) is 0 Å². The number of aliphatic hydroxyl groups excluding tert-OH is 2. The third kappa shape index (κ3) is 3.59. The van der Waals surface area contributed by atoms with Crippen molar-refractivity contribution in [2.45, 2.75) is 38.5 Å². The van der Waals surface area contributed by atoms with Gasteiger partial charge in [-0.05, 0) is 18.9 Å². The SMILES string of the molecule is CCC(NC(C)CO)C(O)c1ccccc1. The molecule has 1 aromatic carbocycles. The summed E-state index contributed by atoms with van der Waals surface area (Å²) in [5.41, 5.74) is 0.909. The molecule has 0 aliphatic heterocycles. The molecular weight excluding hydrogens is 202 g/mol. The van der Waals surface area contributed by atoms with Crippen molar-refractivity contribution in [3.63, 3.8) is 0 Å². The van der Waals surface area contributed by atoms with Gasteiger partial charge in [0.1, 0.15) is 0 Å². The molecule has 3 heteroatoms. The quantitative estimate of drug-likeness (QED) is 0.684. The lowest BCUT2D eigenvalue weighted by Gasteiger charge is -2.26. The van der Waals surface area contributed by atoms with Gasteiger partial charge >= 0.3 is 0 Å². The van der Waals surface area contributed by atoms with Crippen LogP contribution in [-0.4, -0.2) is 28.9 Å². The highest BCUT2D eigenvalue weighted by Gasteiger charge is 2.20. The molecule has 0 amide bonds. The largest absolute Gasteiger partial charge is 0.395 e. The monoisotopic (exact) mass is 223 g/mol. The molecule has 0 saturated heterocycles. The van der Waals surface area contributed by atoms with Crippen LogP contribution in [0.25, 0.3) is 0 Å². The molecule has 16 heavy (non-hydrogen) atoms. The zero-order valence-corrected chi connectivity index (χ0v) is 9.93. The van der Waals surface area contributed by atoms with Crippen LogP contribution in [0.3, 0.4) is 0 Å². The second-order valence-corrected chi connectivity index (χ2v) is 4.12. The van der Waals surface area contributed by atoms with Crippen molar-refractivity contribution >= 4 is 0 Å². The summed E-state index contributed by atoms with van der Waals surface area (Å²) in [5, 5.41) is 22.4. The van der Waals surface area contributed by atoms with Gasteiger partial charge in [-0.3, -0.25) is 0 Å². The predicted molar refractivity (Wildman–Crippen MR) is 65.2 cm³/mol. The second kappa shape index (κ2) is 6.63. The lowest BCUT2D eigenvalue weighted by atomic mass is 10.00. The van der Waals surface area contributed by atoms with Crippen LogP contribution in [0.1, 0.15) is 31.9 Å². The third-order valence-electron chi connectivity index (χ3n) is 2.73. The van der Waals surface area contributed by atoms with Crippen molar-refractivity contribution in [2.75, 3.05) is 6.61 Å². The maximum atomic E-state index is 10.2. The highest BCUT2D eigenvalue weighted by Crippen LogP contribution is 2.18. The number of rotatable bonds is 6. The Kier molecular flexibility index (Phi) is 5.46. The van der Waals surface area contributed by atoms with E-state index in [9.17, 15) is 5.11 Å². The predicted octanol–water partition coefficient (Wildman–Crippen LogP) is 1.47. The Labute approximate surface area is 97.1 Å². The average molecular weight is 223 g/mol. The van der Waals surface area contributed by atoms with Crippen molar-refractivity contribution in [3.05, 3.63) is 35.9 Å². The smallest absolute Gasteiger partial charge is 0.0942 e. The molecule has 0 saturated carbocycles. The fourth-order valence-corrected chi connectivity index (χ4v) is 1.73. The van der Waals surface area contributed by atoms with E-state index in [1.165, 1.54) is 0 Å². The standard InChI is InChI=1S/C13H21NO2/c1-3-12(14-10(2)9-15)13(16)11-7-5-4-6-8-11/h4-8,10,12-16H,3,9H2,1-2H3. The summed E-state index contributed by atoms with van der Waals surface area (Å²) in [4.78, 5) is 0. The molecule has 0 heterocycles. The minimum atomic E-state index is -0.528. The van der Waals surface area contributed by atoms with E-state index in [1.54, 1.807) is 0 Å². The van der Waals surface area contributed by atoms with Gasteiger partial charge in [0, 0.05) is 12.1 Å². The van der Waals surface area contributed by atoms with Crippen LogP contribution in [0.4, 0.5) is 0 Å². The number of nitrogens with one attached hydrogen (secondary N) is 1. The summed E-state index contributed by atoms with van der Waals surface area (Å²) >= 11 is 0. The zero-order chi connectivity index (χ0) is 12.0. The second-order valence-electron chi connectivity index (χ2n) is 4.12. The summed E-state index contributed by atoms with van der Waals surface area (Å²) < 4.78 is 0. The topological polar surface area (TPSA) is 52.5 Å². The minimum Gasteiger partial charge on any atom is -0.395 e. The number of hydrogen-bond acceptors (Lipinski definition) is 3. The molecule has 3 nitrogen and oxygen atoms in total. The Balaban J connectivity index is 2.66. The van der Waals surface area contributed by atoms with Gasteiger partial charge < -0.3 is 15.5 Å². The maximum absolute atomic E-state index is 10.2. The molecule has 3 N–H and O–H groups in total. The van der Waals surface area contributed by atoms with E-state index in [0.29, 0.717) is 0 Å². The highest BCUT2D eigenvalue weighted by atomic mass is 16.3. The summed E-state index contributed by atoms with van der Waals surface area (Å²) in [6.45, 7) is 4.01. The van der Waals surface area contributed by atoms with Crippen molar-refractivity contribution < 1.29 is 10.2 Å². The van der Waals surface area contributed by atoms with Crippen LogP contribution in [-0.2, 0) is 0 Å². The Bertz CT molecular complexity index is 289. The van der Waals surface area contributed by atoms with Crippen LogP contribution < -0.4 is 5.32 Å². The highest BCUT2D eigenvalue weighted by molar-refractivity contribution is 5.18. The first-order valence-electron chi connectivity index (χ1n) is 5.79. The normalized spacial score (nSPS) is 16.8. The van der Waals surface area contributed by atoms with Crippen molar-refractivity contribution in [2.24, 2.45) is 0 Å². The van der Waals surface area contributed by atoms with Crippen molar-refractivity contribution in [3.8, 4) is 0 Å². The van der Waals surface area contributed by atoms with Crippen molar-refractivity contribution in [1.29, 1.82) is 0 Å². The van der Waals surface area contributed by atoms with Crippen LogP contribution in [0.5, 0.6) is 0 Å². The molecule has 0 radical (unpaired) electrons. The van der Waals surface area contributed by atoms with Gasteiger partial charge in [0.2, 0.25) is 0 Å². The molecule has 3 unspecified atom stereocenters. The van der Waals surface area contributed by atoms with Gasteiger partial charge in [-0.25, -0.2) is 0 Å². The molecular formula is C13H21NO2. The molecule has 1 rings (SSSR count). The Morgan fingerprint density at radius 3 is 2.38 bits per heavy atom. The van der Waals surface area contributed by atoms with E-state index >= 15 is 0 Å². The van der Waals surface area contributed by atoms with Gasteiger partial charge in [0.15, 0.2) is 0 Å². The molecule has 0 aliphatic rings. The molecule has 3 atom stereocenters. The van der Waals surface area contributed by atoms with Gasteiger partial charge in [-0.15, -0.1) is 0 Å². The molecule has 0 spiro atoms. The first kappa shape index (κ1) is 13.2. The first-order valence-corrected chi connectivity index (χ1v) is 5.79. The molecule has 0 bridgehead atoms. The van der Waals surface area contributed by atoms with E-state index in [1.807, 2.05) is 44.2 Å². The van der Waals surface area contributed by atoms with E-state index < -0.39 is 6.10 Å². The van der Waals surface area contributed by atoms with Crippen molar-refractivity contribution in [1.82, 2.24) is 5.32 Å². The van der Waals surface area contributed by atoms with E-state index in [4.69, 9.17) is 5.11 Å². The third-order valence-corrected chi connectivity index (χ3v) is 2.73. The summed E-state index contributed by atoms with van der Waals surface area (Å²) in [5.74, 6) is 0. The van der Waals surface area contributed by atoms with Gasteiger partial charge in [0.05, 0.1) is 12.7 Å². The minimum absolute atomic E-state index is 0.00307. The molecule has 0 aliphatic carbocycles. The maximum Gasteiger partial charge on any atom is 0.0942 e. The summed E-state index contributed by atoms with van der Waals surface area (Å²) in [6.07, 6.45) is 0.292. The van der Waals surface area contributed by atoms with Crippen LogP contribution in [0, 0.1) is 0 Å². The van der Waals surface area contributed by atoms with Crippen LogP contribution >= 0.6 is 0 Å². The summed E-state index contributed by atoms with van der Waals surface area (Å²) in [6, 6.07) is 9.58. The number of hydrogen-bond donors (Lipinski definition) is 3. The lowest BCUT2D eigenvalue weighted by molar-refractivity contribution is 0.112. The average Bonchev–Trinajstić information content (AvgIpc) is 2.35. The molecule has 1 aromatic rings.